The summed E-state index contributed by atoms with van der Waals surface area (Å²) in [5.41, 5.74) is 9.71. The first-order valence-corrected chi connectivity index (χ1v) is 22.0. The lowest BCUT2D eigenvalue weighted by molar-refractivity contribution is 0.324. The van der Waals surface area contributed by atoms with Crippen LogP contribution in [0.3, 0.4) is 0 Å². The first-order valence-electron chi connectivity index (χ1n) is 19.5. The van der Waals surface area contributed by atoms with Crippen LogP contribution in [0.1, 0.15) is 87.9 Å². The second kappa shape index (κ2) is 24.1. The van der Waals surface area contributed by atoms with E-state index in [1.54, 1.807) is 47.7 Å². The minimum absolute atomic E-state index is 0. The number of hydrogen-bond donors (Lipinski definition) is 2. The van der Waals surface area contributed by atoms with Gasteiger partial charge in [0.1, 0.15) is 0 Å². The van der Waals surface area contributed by atoms with Gasteiger partial charge in [0, 0.05) is 23.2 Å². The average Bonchev–Trinajstić information content (AvgIpc) is 3.65. The molecule has 0 heterocycles. The Bertz CT molecular complexity index is 2110. The van der Waals surface area contributed by atoms with Crippen molar-refractivity contribution in [1.29, 1.82) is 0 Å². The van der Waals surface area contributed by atoms with Crippen molar-refractivity contribution in [3.8, 4) is 51.0 Å². The van der Waals surface area contributed by atoms with Crippen LogP contribution in [-0.2, 0) is 12.8 Å². The van der Waals surface area contributed by atoms with E-state index in [0.717, 1.165) is 91.5 Å². The molecule has 0 aromatic heterocycles. The zero-order valence-corrected chi connectivity index (χ0v) is 37.9. The van der Waals surface area contributed by atoms with Crippen LogP contribution in [-0.4, -0.2) is 62.2 Å². The first kappa shape index (κ1) is 50.0. The number of rotatable bonds is 9. The highest BCUT2D eigenvalue weighted by molar-refractivity contribution is 7.98. The third-order valence-corrected chi connectivity index (χ3v) is 11.8. The second-order valence-electron chi connectivity index (χ2n) is 12.8. The minimum atomic E-state index is 0. The standard InChI is InChI=1S/C21H25NO4S.C21H25NO3S.2C2H6.CH4/c1-22-15-8-6-12-10-17(24-2)20(25-3)21(26-4)19(12)13-7-9-18(27-5)16(23)11-14(13)15;1-12-20-13(10-18(24-3)21(12)25-4)6-8-16(22-2)15-11-17(23)19(26-5)9-7-14(15)20;2*1-2;/h7,9-11,15,22H,6,8H2,1-5H3;7,9-11,16,22H,6,8H2,1-5H3;2*1-2H3;1H4/t15-;16-;;;/m00.../s1. The van der Waals surface area contributed by atoms with E-state index < -0.39 is 0 Å². The third-order valence-electron chi connectivity index (χ3n) is 10.2. The third kappa shape index (κ3) is 10.3. The maximum Gasteiger partial charge on any atom is 0.203 e. The van der Waals surface area contributed by atoms with Crippen molar-refractivity contribution in [1.82, 2.24) is 10.6 Å². The lowest BCUT2D eigenvalue weighted by Crippen LogP contribution is -2.17. The van der Waals surface area contributed by atoms with Gasteiger partial charge in [-0.25, -0.2) is 0 Å². The second-order valence-corrected chi connectivity index (χ2v) is 14.5. The highest BCUT2D eigenvalue weighted by Crippen LogP contribution is 2.50. The Balaban J connectivity index is 0.000000363. The monoisotopic (exact) mass is 834 g/mol. The summed E-state index contributed by atoms with van der Waals surface area (Å²) in [7, 11) is 12.1. The van der Waals surface area contributed by atoms with E-state index in [4.69, 9.17) is 23.7 Å². The summed E-state index contributed by atoms with van der Waals surface area (Å²) in [6.07, 6.45) is 7.38. The molecule has 0 spiro atoms. The zero-order valence-electron chi connectivity index (χ0n) is 36.3. The molecule has 2 aliphatic rings. The Kier molecular flexibility index (Phi) is 20.7. The van der Waals surface area contributed by atoms with Crippen LogP contribution >= 0.6 is 23.5 Å². The Morgan fingerprint density at radius 3 is 1.34 bits per heavy atom. The molecule has 0 bridgehead atoms. The topological polar surface area (TPSA) is 104 Å². The fraction of sp³-hybridized carbons (Fsp3) is 0.447. The molecule has 0 amide bonds. The van der Waals surface area contributed by atoms with Crippen LogP contribution in [0.4, 0.5) is 0 Å². The van der Waals surface area contributed by atoms with Gasteiger partial charge in [-0.1, -0.05) is 47.3 Å². The van der Waals surface area contributed by atoms with Gasteiger partial charge in [-0.3, -0.25) is 9.59 Å². The van der Waals surface area contributed by atoms with Crippen LogP contribution in [0.15, 0.2) is 67.9 Å². The number of fused-ring (bicyclic) bond motifs is 6. The van der Waals surface area contributed by atoms with Gasteiger partial charge in [-0.05, 0) is 135 Å². The molecule has 6 rings (SSSR count). The molecule has 0 radical (unpaired) electrons. The molecular weight excluding hydrogens is 769 g/mol. The number of benzene rings is 2. The molecule has 2 N–H and O–H groups in total. The largest absolute Gasteiger partial charge is 0.493 e. The summed E-state index contributed by atoms with van der Waals surface area (Å²) in [4.78, 5) is 26.8. The number of thioether (sulfide) groups is 2. The van der Waals surface area contributed by atoms with Crippen molar-refractivity contribution in [2.24, 2.45) is 0 Å². The van der Waals surface area contributed by atoms with Crippen LogP contribution < -0.4 is 45.2 Å². The summed E-state index contributed by atoms with van der Waals surface area (Å²) in [6.45, 7) is 10.1. The SMILES string of the molecule is C.CC.CC.CN[C@H]1CCc2cc(OC)c(OC)c(C)c2-c2ccc(SC)c(=O)cc21.CN[C@H]1CCc2cc(OC)c(OC)c(OC)c2-c2ccc(SC)c(=O)cc21. The normalized spacial score (nSPS) is 14.4. The Morgan fingerprint density at radius 1 is 0.569 bits per heavy atom. The van der Waals surface area contributed by atoms with Gasteiger partial charge in [-0.15, -0.1) is 23.5 Å². The average molecular weight is 835 g/mol. The summed E-state index contributed by atoms with van der Waals surface area (Å²) >= 11 is 2.94. The van der Waals surface area contributed by atoms with E-state index in [1.807, 2.05) is 78.6 Å². The van der Waals surface area contributed by atoms with Crippen LogP contribution in [0.5, 0.6) is 28.7 Å². The first-order chi connectivity index (χ1) is 27.6. The van der Waals surface area contributed by atoms with Crippen molar-refractivity contribution in [2.75, 3.05) is 62.2 Å². The quantitative estimate of drug-likeness (QED) is 0.158. The van der Waals surface area contributed by atoms with E-state index in [-0.39, 0.29) is 30.4 Å². The molecule has 0 saturated carbocycles. The molecule has 4 aromatic rings. The van der Waals surface area contributed by atoms with Gasteiger partial charge in [0.15, 0.2) is 33.9 Å². The van der Waals surface area contributed by atoms with Crippen molar-refractivity contribution in [2.45, 2.75) is 89.6 Å². The predicted octanol–water partition coefficient (Wildman–Crippen LogP) is 10.3. The zero-order chi connectivity index (χ0) is 42.4. The molecule has 58 heavy (non-hydrogen) atoms. The van der Waals surface area contributed by atoms with Crippen molar-refractivity contribution >= 4 is 23.5 Å². The number of hydrogen-bond acceptors (Lipinski definition) is 11. The molecule has 0 unspecified atom stereocenters. The molecule has 2 atom stereocenters. The van der Waals surface area contributed by atoms with Crippen molar-refractivity contribution in [3.63, 3.8) is 0 Å². The molecule has 318 valence electrons. The number of ether oxygens (including phenoxy) is 5. The van der Waals surface area contributed by atoms with E-state index in [0.29, 0.717) is 17.2 Å². The maximum atomic E-state index is 12.7. The molecule has 11 heteroatoms. The summed E-state index contributed by atoms with van der Waals surface area (Å²) < 4.78 is 28.1. The van der Waals surface area contributed by atoms with Crippen LogP contribution in [0, 0.1) is 6.92 Å². The minimum Gasteiger partial charge on any atom is -0.493 e. The summed E-state index contributed by atoms with van der Waals surface area (Å²) in [5.74, 6) is 3.34. The van der Waals surface area contributed by atoms with Gasteiger partial charge in [0.05, 0.1) is 45.3 Å². The Hall–Kier alpha value is -4.16. The number of methoxy groups -OCH3 is 5. The molecule has 4 aromatic carbocycles. The van der Waals surface area contributed by atoms with Gasteiger partial charge >= 0.3 is 0 Å². The summed E-state index contributed by atoms with van der Waals surface area (Å²) in [6, 6.07) is 15.8. The number of nitrogens with one attached hydrogen (secondary N) is 2. The van der Waals surface area contributed by atoms with Crippen LogP contribution in [0.25, 0.3) is 22.3 Å². The van der Waals surface area contributed by atoms with E-state index in [2.05, 4.69) is 29.7 Å². The maximum absolute atomic E-state index is 12.7. The van der Waals surface area contributed by atoms with E-state index >= 15 is 0 Å². The molecule has 0 aliphatic heterocycles. The molecular formula is C47H66N2O7S2. The fourth-order valence-corrected chi connectivity index (χ4v) is 8.57. The van der Waals surface area contributed by atoms with Gasteiger partial charge in [-0.2, -0.15) is 0 Å². The van der Waals surface area contributed by atoms with E-state index in [9.17, 15) is 9.59 Å². The fourth-order valence-electron chi connectivity index (χ4n) is 7.65. The van der Waals surface area contributed by atoms with Crippen molar-refractivity contribution < 1.29 is 23.7 Å². The van der Waals surface area contributed by atoms with Gasteiger partial charge in [0.2, 0.25) is 5.75 Å². The molecule has 0 fully saturated rings. The lowest BCUT2D eigenvalue weighted by atomic mass is 9.92. The molecule has 2 aliphatic carbocycles. The molecule has 9 nitrogen and oxygen atoms in total. The van der Waals surface area contributed by atoms with Gasteiger partial charge < -0.3 is 34.3 Å². The smallest absolute Gasteiger partial charge is 0.203 e. The van der Waals surface area contributed by atoms with Gasteiger partial charge in [0.25, 0.3) is 0 Å². The van der Waals surface area contributed by atoms with Crippen LogP contribution in [0.2, 0.25) is 0 Å². The molecule has 0 saturated heterocycles. The van der Waals surface area contributed by atoms with E-state index in [1.165, 1.54) is 29.1 Å². The highest BCUT2D eigenvalue weighted by Gasteiger charge is 2.29. The number of aryl methyl sites for hydroxylation is 2. The van der Waals surface area contributed by atoms with Crippen molar-refractivity contribution in [3.05, 3.63) is 96.8 Å². The Morgan fingerprint density at radius 2 is 0.966 bits per heavy atom. The lowest BCUT2D eigenvalue weighted by Gasteiger charge is -2.19. The highest BCUT2D eigenvalue weighted by atomic mass is 32.2. The predicted molar refractivity (Wildman–Crippen MR) is 247 cm³/mol. The Labute approximate surface area is 356 Å². The summed E-state index contributed by atoms with van der Waals surface area (Å²) in [5, 5.41) is 6.74.